The third kappa shape index (κ3) is 2.11. The third-order valence-corrected chi connectivity index (χ3v) is 4.74. The van der Waals surface area contributed by atoms with E-state index < -0.39 is 0 Å². The average molecular weight is 208 g/mol. The molecule has 0 aromatic carbocycles. The minimum atomic E-state index is 0.113. The fourth-order valence-corrected chi connectivity index (χ4v) is 3.62. The first-order chi connectivity index (χ1) is 7.28. The van der Waals surface area contributed by atoms with Gasteiger partial charge in [0.05, 0.1) is 0 Å². The molecule has 0 spiro atoms. The van der Waals surface area contributed by atoms with Crippen LogP contribution in [-0.4, -0.2) is 5.78 Å². The summed E-state index contributed by atoms with van der Waals surface area (Å²) in [5, 5.41) is 0. The summed E-state index contributed by atoms with van der Waals surface area (Å²) in [7, 11) is 0. The molecule has 0 atom stereocenters. The van der Waals surface area contributed by atoms with Gasteiger partial charge >= 0.3 is 0 Å². The first-order valence-corrected chi connectivity index (χ1v) is 6.83. The lowest BCUT2D eigenvalue weighted by atomic mass is 9.71. The van der Waals surface area contributed by atoms with E-state index in [1.54, 1.807) is 0 Å². The number of hydrogen-bond acceptors (Lipinski definition) is 1. The van der Waals surface area contributed by atoms with E-state index in [4.69, 9.17) is 0 Å². The lowest BCUT2D eigenvalue weighted by Gasteiger charge is -2.32. The van der Waals surface area contributed by atoms with E-state index in [1.807, 2.05) is 0 Å². The van der Waals surface area contributed by atoms with Gasteiger partial charge in [0, 0.05) is 11.3 Å². The molecular weight excluding hydrogens is 184 g/mol. The molecule has 0 amide bonds. The second kappa shape index (κ2) is 4.67. The zero-order valence-corrected chi connectivity index (χ0v) is 10.1. The van der Waals surface area contributed by atoms with Gasteiger partial charge in [-0.3, -0.25) is 4.79 Å². The summed E-state index contributed by atoms with van der Waals surface area (Å²) >= 11 is 0. The Hall–Kier alpha value is -0.330. The van der Waals surface area contributed by atoms with Crippen LogP contribution >= 0.6 is 0 Å². The van der Waals surface area contributed by atoms with Gasteiger partial charge in [-0.05, 0) is 32.1 Å². The molecule has 0 radical (unpaired) electrons. The van der Waals surface area contributed by atoms with Crippen molar-refractivity contribution in [2.75, 3.05) is 0 Å². The van der Waals surface area contributed by atoms with Crippen LogP contribution in [0.25, 0.3) is 0 Å². The fourth-order valence-electron chi connectivity index (χ4n) is 3.62. The van der Waals surface area contributed by atoms with Gasteiger partial charge in [0.2, 0.25) is 0 Å². The maximum atomic E-state index is 12.6. The zero-order chi connectivity index (χ0) is 10.7. The Morgan fingerprint density at radius 1 is 1.07 bits per heavy atom. The second-order valence-electron chi connectivity index (χ2n) is 5.54. The highest BCUT2D eigenvalue weighted by Crippen LogP contribution is 2.45. The Morgan fingerprint density at radius 2 is 1.67 bits per heavy atom. The molecular formula is C14H24O. The van der Waals surface area contributed by atoms with Crippen molar-refractivity contribution in [1.29, 1.82) is 0 Å². The molecule has 2 aliphatic rings. The Balaban J connectivity index is 2.03. The Labute approximate surface area is 93.6 Å². The molecule has 0 aliphatic heterocycles. The highest BCUT2D eigenvalue weighted by atomic mass is 16.1. The van der Waals surface area contributed by atoms with E-state index in [2.05, 4.69) is 6.92 Å². The van der Waals surface area contributed by atoms with Crippen molar-refractivity contribution < 1.29 is 4.79 Å². The van der Waals surface area contributed by atoms with E-state index in [0.29, 0.717) is 11.7 Å². The minimum absolute atomic E-state index is 0.113. The van der Waals surface area contributed by atoms with Crippen LogP contribution in [0.5, 0.6) is 0 Å². The predicted octanol–water partition coefficient (Wildman–Crippen LogP) is 4.11. The number of ketones is 1. The van der Waals surface area contributed by atoms with Crippen molar-refractivity contribution >= 4 is 5.78 Å². The molecule has 2 fully saturated rings. The van der Waals surface area contributed by atoms with Crippen molar-refractivity contribution in [3.8, 4) is 0 Å². The van der Waals surface area contributed by atoms with Crippen molar-refractivity contribution in [2.24, 2.45) is 11.3 Å². The number of carbonyl (C=O) groups excluding carboxylic acids is 1. The van der Waals surface area contributed by atoms with Crippen LogP contribution in [0.4, 0.5) is 0 Å². The Kier molecular flexibility index (Phi) is 3.48. The molecule has 15 heavy (non-hydrogen) atoms. The van der Waals surface area contributed by atoms with Gasteiger partial charge in [-0.25, -0.2) is 0 Å². The topological polar surface area (TPSA) is 17.1 Å². The summed E-state index contributed by atoms with van der Waals surface area (Å²) in [5.74, 6) is 1.07. The van der Waals surface area contributed by atoms with E-state index in [1.165, 1.54) is 57.8 Å². The largest absolute Gasteiger partial charge is 0.299 e. The van der Waals surface area contributed by atoms with Gasteiger partial charge in [0.25, 0.3) is 0 Å². The van der Waals surface area contributed by atoms with Crippen molar-refractivity contribution in [1.82, 2.24) is 0 Å². The fraction of sp³-hybridized carbons (Fsp3) is 0.929. The lowest BCUT2D eigenvalue weighted by Crippen LogP contribution is -2.34. The van der Waals surface area contributed by atoms with Crippen molar-refractivity contribution in [3.63, 3.8) is 0 Å². The summed E-state index contributed by atoms with van der Waals surface area (Å²) in [4.78, 5) is 12.6. The van der Waals surface area contributed by atoms with Crippen molar-refractivity contribution in [3.05, 3.63) is 0 Å². The van der Waals surface area contributed by atoms with E-state index >= 15 is 0 Å². The van der Waals surface area contributed by atoms with Crippen LogP contribution in [-0.2, 0) is 4.79 Å². The van der Waals surface area contributed by atoms with Gasteiger partial charge in [-0.15, -0.1) is 0 Å². The van der Waals surface area contributed by atoms with Crippen LogP contribution in [0.1, 0.15) is 71.1 Å². The molecule has 1 nitrogen and oxygen atoms in total. The normalized spacial score (nSPS) is 26.7. The Morgan fingerprint density at radius 3 is 2.20 bits per heavy atom. The first kappa shape index (κ1) is 11.2. The highest BCUT2D eigenvalue weighted by molar-refractivity contribution is 5.87. The lowest BCUT2D eigenvalue weighted by molar-refractivity contribution is -0.134. The summed E-state index contributed by atoms with van der Waals surface area (Å²) < 4.78 is 0. The predicted molar refractivity (Wildman–Crippen MR) is 62.8 cm³/mol. The summed E-state index contributed by atoms with van der Waals surface area (Å²) in [6.07, 6.45) is 12.3. The summed E-state index contributed by atoms with van der Waals surface area (Å²) in [6.45, 7) is 2.21. The van der Waals surface area contributed by atoms with E-state index in [0.717, 1.165) is 6.42 Å². The maximum absolute atomic E-state index is 12.6. The molecule has 0 unspecified atom stereocenters. The van der Waals surface area contributed by atoms with Crippen LogP contribution in [0.3, 0.4) is 0 Å². The average Bonchev–Trinajstić information content (AvgIpc) is 2.79. The molecule has 2 aliphatic carbocycles. The number of carbonyl (C=O) groups is 1. The quantitative estimate of drug-likeness (QED) is 0.682. The molecule has 0 aromatic rings. The van der Waals surface area contributed by atoms with Gasteiger partial charge in [0.15, 0.2) is 0 Å². The molecule has 2 rings (SSSR count). The van der Waals surface area contributed by atoms with Crippen molar-refractivity contribution in [2.45, 2.75) is 71.1 Å². The molecule has 0 N–H and O–H groups in total. The molecule has 0 saturated heterocycles. The molecule has 0 heterocycles. The molecule has 86 valence electrons. The first-order valence-electron chi connectivity index (χ1n) is 6.83. The van der Waals surface area contributed by atoms with E-state index in [9.17, 15) is 4.79 Å². The second-order valence-corrected chi connectivity index (χ2v) is 5.54. The number of rotatable bonds is 3. The SMILES string of the molecule is CCC1(C(=O)C2CCCCC2)CCCC1. The Bertz CT molecular complexity index is 219. The van der Waals surface area contributed by atoms with E-state index in [-0.39, 0.29) is 5.41 Å². The standard InChI is InChI=1S/C14H24O/c1-2-14(10-6-7-11-14)13(15)12-8-4-3-5-9-12/h12H,2-11H2,1H3. The smallest absolute Gasteiger partial charge is 0.142 e. The van der Waals surface area contributed by atoms with Crippen LogP contribution in [0.2, 0.25) is 0 Å². The summed E-state index contributed by atoms with van der Waals surface area (Å²) in [5.41, 5.74) is 0.113. The molecule has 1 heteroatoms. The maximum Gasteiger partial charge on any atom is 0.142 e. The van der Waals surface area contributed by atoms with Crippen LogP contribution in [0.15, 0.2) is 0 Å². The van der Waals surface area contributed by atoms with Gasteiger partial charge in [-0.2, -0.15) is 0 Å². The van der Waals surface area contributed by atoms with Gasteiger partial charge in [-0.1, -0.05) is 39.0 Å². The van der Waals surface area contributed by atoms with Crippen LogP contribution < -0.4 is 0 Å². The summed E-state index contributed by atoms with van der Waals surface area (Å²) in [6, 6.07) is 0. The molecule has 0 aromatic heterocycles. The van der Waals surface area contributed by atoms with Gasteiger partial charge < -0.3 is 0 Å². The minimum Gasteiger partial charge on any atom is -0.299 e. The number of Topliss-reactive ketones (excluding diaryl/α,β-unsaturated/α-hetero) is 1. The van der Waals surface area contributed by atoms with Gasteiger partial charge in [0.1, 0.15) is 5.78 Å². The molecule has 2 saturated carbocycles. The molecule has 0 bridgehead atoms. The monoisotopic (exact) mass is 208 g/mol. The van der Waals surface area contributed by atoms with Crippen LogP contribution in [0, 0.1) is 11.3 Å². The number of hydrogen-bond donors (Lipinski definition) is 0. The highest BCUT2D eigenvalue weighted by Gasteiger charge is 2.42. The third-order valence-electron chi connectivity index (χ3n) is 4.74. The zero-order valence-electron chi connectivity index (χ0n) is 10.1.